The molecule has 1 nitrogen and oxygen atoms in total. The zero-order valence-corrected chi connectivity index (χ0v) is 8.89. The van der Waals surface area contributed by atoms with Gasteiger partial charge in [-0.2, -0.15) is 0 Å². The summed E-state index contributed by atoms with van der Waals surface area (Å²) in [6.45, 7) is 9.29. The molecule has 0 N–H and O–H groups in total. The lowest BCUT2D eigenvalue weighted by molar-refractivity contribution is 1.12. The Kier molecular flexibility index (Phi) is 3.24. The summed E-state index contributed by atoms with van der Waals surface area (Å²) in [6, 6.07) is 6.36. The van der Waals surface area contributed by atoms with Gasteiger partial charge in [0.05, 0.1) is 0 Å². The number of hydrogen-bond acceptors (Lipinski definition) is 1. The molecule has 1 aromatic carbocycles. The minimum Gasteiger partial charge on any atom is -0.290 e. The molecule has 0 aromatic heterocycles. The molecule has 0 aliphatic carbocycles. The van der Waals surface area contributed by atoms with Crippen LogP contribution in [0.5, 0.6) is 0 Å². The molecule has 1 heteroatoms. The van der Waals surface area contributed by atoms with Crippen LogP contribution in [-0.4, -0.2) is 12.3 Å². The monoisotopic (exact) mass is 175 g/mol. The summed E-state index contributed by atoms with van der Waals surface area (Å²) in [5, 5.41) is 0. The van der Waals surface area contributed by atoms with Crippen molar-refractivity contribution in [2.75, 3.05) is 6.54 Å². The summed E-state index contributed by atoms with van der Waals surface area (Å²) >= 11 is 0. The molecule has 0 fully saturated rings. The highest BCUT2D eigenvalue weighted by atomic mass is 14.7. The largest absolute Gasteiger partial charge is 0.290 e. The fourth-order valence-electron chi connectivity index (χ4n) is 1.47. The second-order valence-electron chi connectivity index (χ2n) is 3.31. The summed E-state index contributed by atoms with van der Waals surface area (Å²) in [6.07, 6.45) is 0. The van der Waals surface area contributed by atoms with Gasteiger partial charge in [-0.25, -0.2) is 0 Å². The Morgan fingerprint density at radius 2 is 2.00 bits per heavy atom. The lowest BCUT2D eigenvalue weighted by Crippen LogP contribution is -2.00. The molecule has 0 aliphatic heterocycles. The number of nitrogens with zero attached hydrogens (tertiary/aromatic N) is 1. The Hall–Kier alpha value is -1.11. The van der Waals surface area contributed by atoms with Crippen molar-refractivity contribution in [1.82, 2.24) is 0 Å². The van der Waals surface area contributed by atoms with Crippen LogP contribution in [0.1, 0.15) is 30.5 Å². The van der Waals surface area contributed by atoms with Gasteiger partial charge in [0, 0.05) is 12.3 Å². The molecule has 70 valence electrons. The molecule has 0 saturated heterocycles. The first-order valence-electron chi connectivity index (χ1n) is 4.74. The second kappa shape index (κ2) is 4.22. The average Bonchev–Trinajstić information content (AvgIpc) is 2.10. The lowest BCUT2D eigenvalue weighted by Gasteiger charge is -2.07. The summed E-state index contributed by atoms with van der Waals surface area (Å²) in [7, 11) is 0. The Labute approximate surface area is 80.5 Å². The number of rotatable bonds is 2. The fourth-order valence-corrected chi connectivity index (χ4v) is 1.47. The van der Waals surface area contributed by atoms with Crippen LogP contribution in [0, 0.1) is 13.8 Å². The maximum atomic E-state index is 4.41. The normalized spacial score (nSPS) is 11.8. The topological polar surface area (TPSA) is 12.4 Å². The van der Waals surface area contributed by atoms with Crippen LogP contribution in [-0.2, 0) is 0 Å². The Morgan fingerprint density at radius 3 is 2.62 bits per heavy atom. The summed E-state index contributed by atoms with van der Waals surface area (Å²) in [4.78, 5) is 4.41. The van der Waals surface area contributed by atoms with Crippen LogP contribution in [0.3, 0.4) is 0 Å². The molecule has 0 bridgehead atoms. The lowest BCUT2D eigenvalue weighted by atomic mass is 10.0. The number of aryl methyl sites for hydroxylation is 1. The summed E-state index contributed by atoms with van der Waals surface area (Å²) in [5.74, 6) is 0. The van der Waals surface area contributed by atoms with Gasteiger partial charge in [-0.1, -0.05) is 18.2 Å². The van der Waals surface area contributed by atoms with Crippen molar-refractivity contribution in [1.29, 1.82) is 0 Å². The summed E-state index contributed by atoms with van der Waals surface area (Å²) in [5.41, 5.74) is 5.10. The van der Waals surface area contributed by atoms with Gasteiger partial charge >= 0.3 is 0 Å². The molecule has 0 radical (unpaired) electrons. The first kappa shape index (κ1) is 9.97. The maximum Gasteiger partial charge on any atom is 0.0392 e. The Balaban J connectivity index is 3.15. The Morgan fingerprint density at radius 1 is 1.31 bits per heavy atom. The van der Waals surface area contributed by atoms with Gasteiger partial charge in [0.1, 0.15) is 0 Å². The van der Waals surface area contributed by atoms with Crippen molar-refractivity contribution in [3.05, 3.63) is 34.9 Å². The van der Waals surface area contributed by atoms with Gasteiger partial charge in [0.2, 0.25) is 0 Å². The third-order valence-corrected chi connectivity index (χ3v) is 2.39. The van der Waals surface area contributed by atoms with Gasteiger partial charge in [-0.3, -0.25) is 4.99 Å². The van der Waals surface area contributed by atoms with E-state index in [0.29, 0.717) is 0 Å². The van der Waals surface area contributed by atoms with Crippen molar-refractivity contribution in [3.8, 4) is 0 Å². The average molecular weight is 175 g/mol. The van der Waals surface area contributed by atoms with E-state index in [0.717, 1.165) is 12.3 Å². The molecule has 13 heavy (non-hydrogen) atoms. The van der Waals surface area contributed by atoms with Crippen molar-refractivity contribution < 1.29 is 0 Å². The first-order valence-corrected chi connectivity index (χ1v) is 4.74. The maximum absolute atomic E-state index is 4.41. The van der Waals surface area contributed by atoms with Crippen LogP contribution in [0.15, 0.2) is 23.2 Å². The molecule has 0 heterocycles. The molecule has 1 rings (SSSR count). The fraction of sp³-hybridized carbons (Fsp3) is 0.417. The third-order valence-electron chi connectivity index (χ3n) is 2.39. The number of aliphatic imine (C=N–C) groups is 1. The Bertz CT molecular complexity index is 324. The third kappa shape index (κ3) is 2.18. The zero-order valence-electron chi connectivity index (χ0n) is 8.89. The first-order chi connectivity index (χ1) is 6.16. The van der Waals surface area contributed by atoms with Crippen LogP contribution >= 0.6 is 0 Å². The van der Waals surface area contributed by atoms with E-state index in [-0.39, 0.29) is 0 Å². The highest BCUT2D eigenvalue weighted by Gasteiger charge is 2.02. The molecule has 0 spiro atoms. The van der Waals surface area contributed by atoms with Crippen molar-refractivity contribution in [2.45, 2.75) is 27.7 Å². The number of hydrogen-bond donors (Lipinski definition) is 0. The quantitative estimate of drug-likeness (QED) is 0.612. The highest BCUT2D eigenvalue weighted by Crippen LogP contribution is 2.13. The van der Waals surface area contributed by atoms with E-state index in [2.05, 4.69) is 50.9 Å². The zero-order chi connectivity index (χ0) is 9.84. The van der Waals surface area contributed by atoms with Crippen LogP contribution < -0.4 is 0 Å². The second-order valence-corrected chi connectivity index (χ2v) is 3.31. The predicted octanol–water partition coefficient (Wildman–Crippen LogP) is 3.13. The van der Waals surface area contributed by atoms with E-state index >= 15 is 0 Å². The smallest absolute Gasteiger partial charge is 0.0392 e. The molecular formula is C12H17N. The number of benzene rings is 1. The molecule has 0 atom stereocenters. The summed E-state index contributed by atoms with van der Waals surface area (Å²) < 4.78 is 0. The molecule has 0 aliphatic rings. The van der Waals surface area contributed by atoms with Crippen LogP contribution in [0.4, 0.5) is 0 Å². The van der Waals surface area contributed by atoms with E-state index in [4.69, 9.17) is 0 Å². The standard InChI is InChI=1S/C12H17N/c1-5-13-11(4)12-8-6-7-9(2)10(12)3/h6-8H,5H2,1-4H3/b13-11-. The van der Waals surface area contributed by atoms with Gasteiger partial charge in [0.25, 0.3) is 0 Å². The predicted molar refractivity (Wildman–Crippen MR) is 58.7 cm³/mol. The SMILES string of the molecule is CC/N=C(/C)c1cccc(C)c1C. The van der Waals surface area contributed by atoms with Crippen molar-refractivity contribution in [3.63, 3.8) is 0 Å². The molecule has 0 saturated carbocycles. The van der Waals surface area contributed by atoms with Gasteiger partial charge in [0.15, 0.2) is 0 Å². The van der Waals surface area contributed by atoms with Crippen LogP contribution in [0.25, 0.3) is 0 Å². The van der Waals surface area contributed by atoms with Gasteiger partial charge in [-0.05, 0) is 44.4 Å². The van der Waals surface area contributed by atoms with Crippen molar-refractivity contribution in [2.24, 2.45) is 4.99 Å². The van der Waals surface area contributed by atoms with E-state index in [1.54, 1.807) is 0 Å². The van der Waals surface area contributed by atoms with E-state index in [9.17, 15) is 0 Å². The molecular weight excluding hydrogens is 158 g/mol. The van der Waals surface area contributed by atoms with Crippen molar-refractivity contribution >= 4 is 5.71 Å². The highest BCUT2D eigenvalue weighted by molar-refractivity contribution is 6.00. The molecule has 1 aromatic rings. The van der Waals surface area contributed by atoms with Gasteiger partial charge in [-0.15, -0.1) is 0 Å². The molecule has 0 amide bonds. The van der Waals surface area contributed by atoms with E-state index in [1.165, 1.54) is 16.7 Å². The minimum atomic E-state index is 0.860. The van der Waals surface area contributed by atoms with E-state index < -0.39 is 0 Å². The van der Waals surface area contributed by atoms with Crippen LogP contribution in [0.2, 0.25) is 0 Å². The molecule has 0 unspecified atom stereocenters. The van der Waals surface area contributed by atoms with E-state index in [1.807, 2.05) is 0 Å². The van der Waals surface area contributed by atoms with Gasteiger partial charge < -0.3 is 0 Å². The minimum absolute atomic E-state index is 0.860.